The Morgan fingerprint density at radius 1 is 0.606 bits per heavy atom. The average molecular weight is 461 g/mol. The summed E-state index contributed by atoms with van der Waals surface area (Å²) >= 11 is 0. The van der Waals surface area contributed by atoms with Gasteiger partial charge >= 0.3 is 11.9 Å². The lowest BCUT2D eigenvalue weighted by Crippen LogP contribution is -2.30. The average Bonchev–Trinajstić information content (AvgIpc) is 2.84. The summed E-state index contributed by atoms with van der Waals surface area (Å²) in [7, 11) is 0. The maximum Gasteiger partial charge on any atom is 0.335 e. The number of aliphatic hydroxyl groups excluding tert-OH is 2. The second kappa shape index (κ2) is 16.9. The van der Waals surface area contributed by atoms with Crippen LogP contribution in [0, 0.1) is 5.92 Å². The smallest absolute Gasteiger partial charge is 0.335 e. The largest absolute Gasteiger partial charge is 0.478 e. The van der Waals surface area contributed by atoms with Crippen LogP contribution in [0.25, 0.3) is 0 Å². The highest BCUT2D eigenvalue weighted by molar-refractivity contribution is 5.87. The highest BCUT2D eigenvalue weighted by Gasteiger charge is 2.22. The lowest BCUT2D eigenvalue weighted by atomic mass is 9.90. The monoisotopic (exact) mass is 460 g/mol. The molecule has 2 unspecified atom stereocenters. The molecule has 0 spiro atoms. The summed E-state index contributed by atoms with van der Waals surface area (Å²) < 4.78 is 0. The highest BCUT2D eigenvalue weighted by Crippen LogP contribution is 2.18. The summed E-state index contributed by atoms with van der Waals surface area (Å²) in [6.45, 7) is 9.96. The molecule has 0 aromatic heterocycles. The summed E-state index contributed by atoms with van der Waals surface area (Å²) in [4.78, 5) is 20.8. The lowest BCUT2D eigenvalue weighted by Gasteiger charge is -2.24. The van der Waals surface area contributed by atoms with Gasteiger partial charge in [0.2, 0.25) is 0 Å². The van der Waals surface area contributed by atoms with Gasteiger partial charge in [-0.25, -0.2) is 9.59 Å². The number of carbonyl (C=O) groups is 2. The molecule has 6 heteroatoms. The van der Waals surface area contributed by atoms with Crippen LogP contribution in [0.3, 0.4) is 0 Å². The first-order chi connectivity index (χ1) is 15.6. The predicted octanol–water partition coefficient (Wildman–Crippen LogP) is 5.45. The van der Waals surface area contributed by atoms with E-state index in [4.69, 9.17) is 10.2 Å². The van der Waals surface area contributed by atoms with Gasteiger partial charge in [-0.1, -0.05) is 58.9 Å². The van der Waals surface area contributed by atoms with Gasteiger partial charge < -0.3 is 20.4 Å². The molecule has 2 atom stereocenters. The molecule has 0 heterocycles. The minimum Gasteiger partial charge on any atom is -0.478 e. The maximum atomic E-state index is 10.4. The number of aryl methyl sites for hydroxylation is 2. The van der Waals surface area contributed by atoms with Gasteiger partial charge in [0.25, 0.3) is 0 Å². The van der Waals surface area contributed by atoms with Crippen LogP contribution in [-0.2, 0) is 12.8 Å². The van der Waals surface area contributed by atoms with Crippen molar-refractivity contribution in [3.05, 3.63) is 70.8 Å². The van der Waals surface area contributed by atoms with Crippen molar-refractivity contribution in [3.8, 4) is 0 Å². The van der Waals surface area contributed by atoms with Crippen molar-refractivity contribution < 1.29 is 30.0 Å². The zero-order valence-electron chi connectivity index (χ0n) is 20.5. The van der Waals surface area contributed by atoms with Gasteiger partial charge in [0.05, 0.1) is 23.3 Å². The second-order valence-corrected chi connectivity index (χ2v) is 7.73. The Morgan fingerprint density at radius 3 is 1.09 bits per heavy atom. The van der Waals surface area contributed by atoms with Gasteiger partial charge in [0, 0.05) is 5.92 Å². The molecule has 2 aromatic carbocycles. The maximum absolute atomic E-state index is 10.4. The number of carboxylic acids is 2. The van der Waals surface area contributed by atoms with Gasteiger partial charge in [0.15, 0.2) is 0 Å². The fourth-order valence-corrected chi connectivity index (χ4v) is 3.17. The Balaban J connectivity index is 0.000000465. The number of aromatic carboxylic acids is 2. The molecule has 4 N–H and O–H groups in total. The molecule has 0 saturated heterocycles. The van der Waals surface area contributed by atoms with Crippen LogP contribution in [0.2, 0.25) is 0 Å². The Kier molecular flexibility index (Phi) is 15.5. The summed E-state index contributed by atoms with van der Waals surface area (Å²) in [5, 5.41) is 36.0. The van der Waals surface area contributed by atoms with Crippen LogP contribution in [0.15, 0.2) is 48.5 Å². The van der Waals surface area contributed by atoms with Gasteiger partial charge in [-0.05, 0) is 67.5 Å². The van der Waals surface area contributed by atoms with Crippen molar-refractivity contribution >= 4 is 11.9 Å². The van der Waals surface area contributed by atoms with E-state index >= 15 is 0 Å². The van der Waals surface area contributed by atoms with E-state index in [0.29, 0.717) is 11.1 Å². The molecule has 0 amide bonds. The number of benzene rings is 2. The zero-order valence-corrected chi connectivity index (χ0v) is 20.5. The van der Waals surface area contributed by atoms with E-state index in [1.54, 1.807) is 24.3 Å². The van der Waals surface area contributed by atoms with E-state index in [1.807, 2.05) is 58.9 Å². The molecule has 0 bridgehead atoms. The first kappa shape index (κ1) is 30.3. The first-order valence-electron chi connectivity index (χ1n) is 11.6. The number of hydrogen-bond acceptors (Lipinski definition) is 4. The van der Waals surface area contributed by atoms with Crippen molar-refractivity contribution in [1.29, 1.82) is 0 Å². The lowest BCUT2D eigenvalue weighted by molar-refractivity contribution is 0.00713. The van der Waals surface area contributed by atoms with Gasteiger partial charge in [-0.15, -0.1) is 0 Å². The summed E-state index contributed by atoms with van der Waals surface area (Å²) in [6.07, 6.45) is 3.53. The predicted molar refractivity (Wildman–Crippen MR) is 132 cm³/mol. The molecule has 0 aliphatic heterocycles. The summed E-state index contributed by atoms with van der Waals surface area (Å²) in [5.41, 5.74) is 3.02. The molecule has 33 heavy (non-hydrogen) atoms. The van der Waals surface area contributed by atoms with Crippen molar-refractivity contribution in [2.75, 3.05) is 0 Å². The van der Waals surface area contributed by atoms with E-state index < -0.39 is 11.9 Å². The third-order valence-electron chi connectivity index (χ3n) is 5.51. The van der Waals surface area contributed by atoms with Gasteiger partial charge in [0.1, 0.15) is 0 Å². The normalized spacial score (nSPS) is 12.8. The molecule has 2 aromatic rings. The number of aliphatic hydroxyl groups is 2. The molecular formula is C27H40O6. The third kappa shape index (κ3) is 11.6. The van der Waals surface area contributed by atoms with Crippen LogP contribution in [-0.4, -0.2) is 44.6 Å². The second-order valence-electron chi connectivity index (χ2n) is 7.73. The standard InChI is InChI=1S/2C9H10O2.C9H20O2/c2*1-2-7-3-5-8(6-4-7)9(10)11;1-4-7(8(10)5-2)9(11)6-3/h2*3-6H,2H2,1H3,(H,10,11);7-11H,4-6H2,1-3H3. The molecule has 0 aliphatic rings. The van der Waals surface area contributed by atoms with Crippen molar-refractivity contribution in [1.82, 2.24) is 0 Å². The van der Waals surface area contributed by atoms with Crippen LogP contribution >= 0.6 is 0 Å². The molecule has 2 rings (SSSR count). The first-order valence-corrected chi connectivity index (χ1v) is 11.6. The third-order valence-corrected chi connectivity index (χ3v) is 5.51. The van der Waals surface area contributed by atoms with Crippen LogP contribution < -0.4 is 0 Å². The fourth-order valence-electron chi connectivity index (χ4n) is 3.17. The SMILES string of the molecule is CCC(O)C(CC)C(O)CC.CCc1ccc(C(=O)O)cc1.CCc1ccc(C(=O)O)cc1. The number of carboxylic acid groups (broad SMARTS) is 2. The van der Waals surface area contributed by atoms with E-state index in [0.717, 1.165) is 43.2 Å². The summed E-state index contributed by atoms with van der Waals surface area (Å²) in [6, 6.07) is 13.9. The Hall–Kier alpha value is -2.70. The highest BCUT2D eigenvalue weighted by atomic mass is 16.4. The molecule has 0 saturated carbocycles. The minimum atomic E-state index is -0.868. The molecule has 0 radical (unpaired) electrons. The quantitative estimate of drug-likeness (QED) is 0.396. The van der Waals surface area contributed by atoms with Gasteiger partial charge in [-0.2, -0.15) is 0 Å². The molecule has 184 valence electrons. The summed E-state index contributed by atoms with van der Waals surface area (Å²) in [5.74, 6) is -1.68. The van der Waals surface area contributed by atoms with E-state index in [2.05, 4.69) is 0 Å². The van der Waals surface area contributed by atoms with E-state index in [9.17, 15) is 19.8 Å². The Labute approximate surface area is 197 Å². The Morgan fingerprint density at radius 2 is 0.909 bits per heavy atom. The Bertz CT molecular complexity index is 731. The van der Waals surface area contributed by atoms with Crippen molar-refractivity contribution in [2.24, 2.45) is 5.92 Å². The van der Waals surface area contributed by atoms with Crippen molar-refractivity contribution in [2.45, 2.75) is 78.9 Å². The minimum absolute atomic E-state index is 0.0602. The fraction of sp³-hybridized carbons (Fsp3) is 0.481. The van der Waals surface area contributed by atoms with Crippen LogP contribution in [0.4, 0.5) is 0 Å². The van der Waals surface area contributed by atoms with Crippen LogP contribution in [0.5, 0.6) is 0 Å². The number of rotatable bonds is 9. The molecular weight excluding hydrogens is 420 g/mol. The van der Waals surface area contributed by atoms with E-state index in [-0.39, 0.29) is 18.1 Å². The topological polar surface area (TPSA) is 115 Å². The van der Waals surface area contributed by atoms with Crippen LogP contribution in [0.1, 0.15) is 85.7 Å². The number of hydrogen-bond donors (Lipinski definition) is 4. The zero-order chi connectivity index (χ0) is 25.4. The van der Waals surface area contributed by atoms with Crippen molar-refractivity contribution in [3.63, 3.8) is 0 Å². The van der Waals surface area contributed by atoms with E-state index in [1.165, 1.54) is 0 Å². The molecule has 0 aliphatic carbocycles. The molecule has 0 fully saturated rings. The molecule has 6 nitrogen and oxygen atoms in total. The van der Waals surface area contributed by atoms with Gasteiger partial charge in [-0.3, -0.25) is 0 Å².